The average Bonchev–Trinajstić information content (AvgIpc) is 3.25. The summed E-state index contributed by atoms with van der Waals surface area (Å²) >= 11 is 11.8. The molecular formula is C23H20Cl2N4O5. The zero-order chi connectivity index (χ0) is 24.8. The van der Waals surface area contributed by atoms with Gasteiger partial charge in [-0.15, -0.1) is 0 Å². The fourth-order valence-corrected chi connectivity index (χ4v) is 3.41. The Balaban J connectivity index is 1.67. The third-order valence-electron chi connectivity index (χ3n) is 4.74. The summed E-state index contributed by atoms with van der Waals surface area (Å²) in [5.74, 6) is -0.699. The molecule has 9 nitrogen and oxygen atoms in total. The molecule has 1 atom stereocenters. The lowest BCUT2D eigenvalue weighted by Gasteiger charge is -2.20. The number of furan rings is 1. The van der Waals surface area contributed by atoms with Gasteiger partial charge < -0.3 is 9.73 Å². The first kappa shape index (κ1) is 24.9. The Morgan fingerprint density at radius 2 is 1.82 bits per heavy atom. The number of nitro benzene ring substituents is 1. The average molecular weight is 503 g/mol. The van der Waals surface area contributed by atoms with Crippen LogP contribution >= 0.6 is 23.2 Å². The molecule has 0 radical (unpaired) electrons. The van der Waals surface area contributed by atoms with Crippen molar-refractivity contribution in [1.82, 2.24) is 10.7 Å². The molecule has 0 saturated heterocycles. The Morgan fingerprint density at radius 1 is 1.09 bits per heavy atom. The van der Waals surface area contributed by atoms with Crippen LogP contribution in [0.25, 0.3) is 11.3 Å². The lowest BCUT2D eigenvalue weighted by atomic mass is 10.0. The molecule has 1 aromatic heterocycles. The zero-order valence-electron chi connectivity index (χ0n) is 18.1. The number of hydrazone groups is 1. The number of nitrogens with zero attached hydrogens (tertiary/aromatic N) is 2. The molecular weight excluding hydrogens is 483 g/mol. The van der Waals surface area contributed by atoms with Crippen molar-refractivity contribution in [2.45, 2.75) is 19.9 Å². The number of benzene rings is 2. The fourth-order valence-electron chi connectivity index (χ4n) is 3.05. The van der Waals surface area contributed by atoms with Gasteiger partial charge in [0.15, 0.2) is 0 Å². The van der Waals surface area contributed by atoms with E-state index in [4.69, 9.17) is 27.6 Å². The van der Waals surface area contributed by atoms with Gasteiger partial charge in [-0.1, -0.05) is 43.1 Å². The number of nitrogens with one attached hydrogen (secondary N) is 2. The van der Waals surface area contributed by atoms with Crippen LogP contribution in [0.15, 0.2) is 64.1 Å². The molecule has 1 heterocycles. The van der Waals surface area contributed by atoms with Crippen molar-refractivity contribution in [3.05, 3.63) is 86.1 Å². The van der Waals surface area contributed by atoms with Gasteiger partial charge in [0.05, 0.1) is 16.7 Å². The van der Waals surface area contributed by atoms with Crippen molar-refractivity contribution in [2.24, 2.45) is 11.0 Å². The lowest BCUT2D eigenvalue weighted by Crippen LogP contribution is -2.48. The molecule has 0 bridgehead atoms. The molecule has 11 heteroatoms. The third kappa shape index (κ3) is 6.21. The maximum absolute atomic E-state index is 12.6. The zero-order valence-corrected chi connectivity index (χ0v) is 19.6. The van der Waals surface area contributed by atoms with E-state index in [0.717, 1.165) is 0 Å². The molecule has 0 spiro atoms. The summed E-state index contributed by atoms with van der Waals surface area (Å²) in [5, 5.41) is 18.5. The van der Waals surface area contributed by atoms with Crippen molar-refractivity contribution in [2.75, 3.05) is 0 Å². The van der Waals surface area contributed by atoms with Crippen LogP contribution in [-0.4, -0.2) is 29.0 Å². The van der Waals surface area contributed by atoms with E-state index in [-0.39, 0.29) is 33.7 Å². The second kappa shape index (κ2) is 11.0. The summed E-state index contributed by atoms with van der Waals surface area (Å²) in [6.07, 6.45) is 1.25. The van der Waals surface area contributed by atoms with Crippen LogP contribution < -0.4 is 10.7 Å². The summed E-state index contributed by atoms with van der Waals surface area (Å²) in [4.78, 5) is 35.8. The summed E-state index contributed by atoms with van der Waals surface area (Å²) in [6.45, 7) is 3.56. The summed E-state index contributed by atoms with van der Waals surface area (Å²) in [6, 6.07) is 12.9. The van der Waals surface area contributed by atoms with Crippen molar-refractivity contribution < 1.29 is 18.9 Å². The van der Waals surface area contributed by atoms with E-state index in [0.29, 0.717) is 10.6 Å². The first-order valence-corrected chi connectivity index (χ1v) is 10.8. The van der Waals surface area contributed by atoms with Gasteiger partial charge in [-0.25, -0.2) is 5.43 Å². The molecule has 3 rings (SSSR count). The first-order valence-electron chi connectivity index (χ1n) is 10.1. The Morgan fingerprint density at radius 3 is 2.50 bits per heavy atom. The van der Waals surface area contributed by atoms with Crippen LogP contribution in [0.4, 0.5) is 5.69 Å². The lowest BCUT2D eigenvalue weighted by molar-refractivity contribution is -0.384. The van der Waals surface area contributed by atoms with Crippen molar-refractivity contribution >= 4 is 46.9 Å². The van der Waals surface area contributed by atoms with Crippen LogP contribution in [0.3, 0.4) is 0 Å². The Kier molecular flexibility index (Phi) is 8.04. The van der Waals surface area contributed by atoms with Crippen LogP contribution in [0.5, 0.6) is 0 Å². The number of nitro groups is 1. The minimum atomic E-state index is -0.854. The highest BCUT2D eigenvalue weighted by Crippen LogP contribution is 2.33. The predicted molar refractivity (Wildman–Crippen MR) is 129 cm³/mol. The number of hydrogen-bond donors (Lipinski definition) is 2. The molecule has 0 aliphatic heterocycles. The highest BCUT2D eigenvalue weighted by atomic mass is 35.5. The van der Waals surface area contributed by atoms with Crippen LogP contribution in [0.1, 0.15) is 30.0 Å². The van der Waals surface area contributed by atoms with Gasteiger partial charge in [-0.3, -0.25) is 19.7 Å². The smallest absolute Gasteiger partial charge is 0.281 e. The van der Waals surface area contributed by atoms with Crippen molar-refractivity contribution in [3.63, 3.8) is 0 Å². The monoisotopic (exact) mass is 502 g/mol. The quantitative estimate of drug-likeness (QED) is 0.252. The van der Waals surface area contributed by atoms with Gasteiger partial charge in [-0.2, -0.15) is 5.10 Å². The molecule has 176 valence electrons. The Bertz CT molecular complexity index is 1260. The second-order valence-electron chi connectivity index (χ2n) is 7.56. The normalized spacial score (nSPS) is 12.0. The van der Waals surface area contributed by atoms with E-state index in [2.05, 4.69) is 15.8 Å². The van der Waals surface area contributed by atoms with Gasteiger partial charge >= 0.3 is 0 Å². The second-order valence-corrected chi connectivity index (χ2v) is 8.43. The molecule has 3 aromatic rings. The molecule has 2 amide bonds. The van der Waals surface area contributed by atoms with Gasteiger partial charge in [0.1, 0.15) is 17.6 Å². The van der Waals surface area contributed by atoms with E-state index in [9.17, 15) is 19.7 Å². The molecule has 34 heavy (non-hydrogen) atoms. The summed E-state index contributed by atoms with van der Waals surface area (Å²) < 4.78 is 5.59. The van der Waals surface area contributed by atoms with Gasteiger partial charge in [0.2, 0.25) is 0 Å². The number of halogens is 2. The van der Waals surface area contributed by atoms with Crippen LogP contribution in [-0.2, 0) is 4.79 Å². The standard InChI is InChI=1S/C23H20Cl2N4O5/c1-13(2)21(27-22(30)14-4-3-5-15(24)10-14)23(31)28-26-12-17-7-9-20(34-17)18-8-6-16(25)11-19(18)29(32)33/h3-13,21H,1-2H3,(H,27,30)(H,28,31)/b26-12-. The Labute approximate surface area is 204 Å². The van der Waals surface area contributed by atoms with Gasteiger partial charge in [0.25, 0.3) is 17.5 Å². The van der Waals surface area contributed by atoms with E-state index in [1.54, 1.807) is 44.2 Å². The number of rotatable bonds is 8. The molecule has 0 fully saturated rings. The number of hydrogen-bond acceptors (Lipinski definition) is 6. The van der Waals surface area contributed by atoms with E-state index >= 15 is 0 Å². The van der Waals surface area contributed by atoms with E-state index in [1.807, 2.05) is 0 Å². The number of carbonyl (C=O) groups is 2. The van der Waals surface area contributed by atoms with Crippen molar-refractivity contribution in [3.8, 4) is 11.3 Å². The highest BCUT2D eigenvalue weighted by molar-refractivity contribution is 6.31. The van der Waals surface area contributed by atoms with Crippen LogP contribution in [0, 0.1) is 16.0 Å². The van der Waals surface area contributed by atoms with Gasteiger partial charge in [0, 0.05) is 21.7 Å². The summed E-state index contributed by atoms with van der Waals surface area (Å²) in [5.41, 5.74) is 2.75. The third-order valence-corrected chi connectivity index (χ3v) is 5.21. The van der Waals surface area contributed by atoms with Gasteiger partial charge in [-0.05, 0) is 48.4 Å². The molecule has 0 saturated carbocycles. The Hall–Kier alpha value is -3.69. The topological polar surface area (TPSA) is 127 Å². The molecule has 0 aliphatic carbocycles. The van der Waals surface area contributed by atoms with E-state index < -0.39 is 22.8 Å². The van der Waals surface area contributed by atoms with Crippen molar-refractivity contribution in [1.29, 1.82) is 0 Å². The molecule has 2 N–H and O–H groups in total. The first-order chi connectivity index (χ1) is 16.2. The maximum atomic E-state index is 12.6. The predicted octanol–water partition coefficient (Wildman–Crippen LogP) is 5.07. The minimum absolute atomic E-state index is 0.200. The highest BCUT2D eigenvalue weighted by Gasteiger charge is 2.24. The number of amides is 2. The summed E-state index contributed by atoms with van der Waals surface area (Å²) in [7, 11) is 0. The molecule has 1 unspecified atom stereocenters. The molecule has 2 aromatic carbocycles. The SMILES string of the molecule is CC(C)C(NC(=O)c1cccc(Cl)c1)C(=O)N/N=C\c1ccc(-c2ccc(Cl)cc2[N+](=O)[O-])o1. The maximum Gasteiger partial charge on any atom is 0.281 e. The fraction of sp³-hybridized carbons (Fsp3) is 0.174. The minimum Gasteiger partial charge on any atom is -0.455 e. The number of carbonyl (C=O) groups excluding carboxylic acids is 2. The largest absolute Gasteiger partial charge is 0.455 e. The van der Waals surface area contributed by atoms with Crippen LogP contribution in [0.2, 0.25) is 10.0 Å². The van der Waals surface area contributed by atoms with E-state index in [1.165, 1.54) is 30.5 Å². The molecule has 0 aliphatic rings.